The molecule has 2 atom stereocenters. The van der Waals surface area contributed by atoms with Crippen molar-refractivity contribution < 1.29 is 4.74 Å². The molecular weight excluding hydrogens is 394 g/mol. The zero-order valence-electron chi connectivity index (χ0n) is 17.6. The number of nitrogens with zero attached hydrogens (tertiary/aromatic N) is 4. The van der Waals surface area contributed by atoms with Crippen molar-refractivity contribution >= 4 is 17.3 Å². The second-order valence-electron chi connectivity index (χ2n) is 7.58. The molecule has 1 aliphatic heterocycles. The number of hydrogen-bond acceptors (Lipinski definition) is 4. The second kappa shape index (κ2) is 8.93. The standard InChI is InChI=1S/C23H27N5OS/c1-16-14-19(17(2)27(16)12-13-29-3)22-21(20-6-4-5-9-25-20)26-23(30)28(22)15-18-7-10-24-11-8-18/h4-11,14,21-22H,12-13,15H2,1-3H3,(H,26,30)/t21-,22-/m1/s1. The van der Waals surface area contributed by atoms with Crippen molar-refractivity contribution in [2.75, 3.05) is 13.7 Å². The normalized spacial score (nSPS) is 18.6. The van der Waals surface area contributed by atoms with Crippen molar-refractivity contribution in [2.24, 2.45) is 0 Å². The molecule has 3 aromatic heterocycles. The van der Waals surface area contributed by atoms with Gasteiger partial charge in [-0.2, -0.15) is 0 Å². The van der Waals surface area contributed by atoms with Gasteiger partial charge >= 0.3 is 0 Å². The SMILES string of the molecule is COCCn1c(C)cc([C@@H]2[C@@H](c3ccccn3)NC(=S)N2Cc2ccncc2)c1C. The fourth-order valence-electron chi connectivity index (χ4n) is 4.25. The van der Waals surface area contributed by atoms with Gasteiger partial charge in [-0.15, -0.1) is 0 Å². The lowest BCUT2D eigenvalue weighted by atomic mass is 9.96. The van der Waals surface area contributed by atoms with E-state index in [-0.39, 0.29) is 12.1 Å². The monoisotopic (exact) mass is 421 g/mol. The van der Waals surface area contributed by atoms with Crippen LogP contribution in [0.4, 0.5) is 0 Å². The average molecular weight is 422 g/mol. The highest BCUT2D eigenvalue weighted by Crippen LogP contribution is 2.41. The number of aromatic nitrogens is 3. The third kappa shape index (κ3) is 3.95. The van der Waals surface area contributed by atoms with Crippen LogP contribution in [0.3, 0.4) is 0 Å². The lowest BCUT2D eigenvalue weighted by Crippen LogP contribution is -2.29. The number of nitrogens with one attached hydrogen (secondary N) is 1. The summed E-state index contributed by atoms with van der Waals surface area (Å²) in [6.45, 7) is 6.55. The van der Waals surface area contributed by atoms with E-state index in [1.165, 1.54) is 22.5 Å². The van der Waals surface area contributed by atoms with Crippen LogP contribution in [0, 0.1) is 13.8 Å². The zero-order chi connectivity index (χ0) is 21.1. The molecule has 0 aromatic carbocycles. The Morgan fingerprint density at radius 2 is 1.93 bits per heavy atom. The number of rotatable bonds is 7. The van der Waals surface area contributed by atoms with Gasteiger partial charge in [-0.05, 0) is 67.5 Å². The van der Waals surface area contributed by atoms with Crippen molar-refractivity contribution in [3.63, 3.8) is 0 Å². The minimum atomic E-state index is -0.0167. The van der Waals surface area contributed by atoms with E-state index in [0.717, 1.165) is 17.4 Å². The van der Waals surface area contributed by atoms with Gasteiger partial charge in [0.15, 0.2) is 5.11 Å². The van der Waals surface area contributed by atoms with Gasteiger partial charge in [0.1, 0.15) is 0 Å². The summed E-state index contributed by atoms with van der Waals surface area (Å²) in [4.78, 5) is 11.0. The number of pyridine rings is 2. The Morgan fingerprint density at radius 3 is 2.63 bits per heavy atom. The minimum absolute atomic E-state index is 0.0167. The molecule has 7 heteroatoms. The predicted octanol–water partition coefficient (Wildman–Crippen LogP) is 3.71. The lowest BCUT2D eigenvalue weighted by molar-refractivity contribution is 0.186. The molecule has 4 heterocycles. The average Bonchev–Trinajstić information content (AvgIpc) is 3.23. The van der Waals surface area contributed by atoms with Crippen LogP contribution in [0.15, 0.2) is 55.0 Å². The number of hydrogen-bond donors (Lipinski definition) is 1. The molecule has 0 aliphatic carbocycles. The smallest absolute Gasteiger partial charge is 0.170 e. The maximum Gasteiger partial charge on any atom is 0.170 e. The molecular formula is C23H27N5OS. The van der Waals surface area contributed by atoms with Gasteiger partial charge in [0.2, 0.25) is 0 Å². The maximum absolute atomic E-state index is 5.79. The van der Waals surface area contributed by atoms with Crippen LogP contribution in [0.1, 0.15) is 40.3 Å². The highest BCUT2D eigenvalue weighted by Gasteiger charge is 2.41. The van der Waals surface area contributed by atoms with Gasteiger partial charge in [0.05, 0.1) is 24.4 Å². The van der Waals surface area contributed by atoms with Gasteiger partial charge in [0.25, 0.3) is 0 Å². The zero-order valence-corrected chi connectivity index (χ0v) is 18.4. The lowest BCUT2D eigenvalue weighted by Gasteiger charge is -2.28. The van der Waals surface area contributed by atoms with Crippen LogP contribution < -0.4 is 5.32 Å². The summed E-state index contributed by atoms with van der Waals surface area (Å²) >= 11 is 5.79. The van der Waals surface area contributed by atoms with E-state index in [1.807, 2.05) is 42.9 Å². The Labute approximate surface area is 182 Å². The number of methoxy groups -OCH3 is 1. The van der Waals surface area contributed by atoms with Crippen LogP contribution in [0.5, 0.6) is 0 Å². The third-order valence-electron chi connectivity index (χ3n) is 5.75. The highest BCUT2D eigenvalue weighted by molar-refractivity contribution is 7.80. The van der Waals surface area contributed by atoms with E-state index in [0.29, 0.717) is 13.2 Å². The first-order valence-corrected chi connectivity index (χ1v) is 10.5. The summed E-state index contributed by atoms with van der Waals surface area (Å²) in [5.41, 5.74) is 5.89. The Hall–Kier alpha value is -2.77. The molecule has 3 aromatic rings. The van der Waals surface area contributed by atoms with Crippen molar-refractivity contribution in [3.8, 4) is 0 Å². The Bertz CT molecular complexity index is 1010. The number of thiocarbonyl (C=S) groups is 1. The largest absolute Gasteiger partial charge is 0.383 e. The van der Waals surface area contributed by atoms with E-state index in [9.17, 15) is 0 Å². The molecule has 1 saturated heterocycles. The summed E-state index contributed by atoms with van der Waals surface area (Å²) in [7, 11) is 1.74. The fraction of sp³-hybridized carbons (Fsp3) is 0.348. The van der Waals surface area contributed by atoms with Crippen LogP contribution in [0.2, 0.25) is 0 Å². The Morgan fingerprint density at radius 1 is 1.13 bits per heavy atom. The van der Waals surface area contributed by atoms with E-state index in [4.69, 9.17) is 17.0 Å². The molecule has 0 saturated carbocycles. The molecule has 0 amide bonds. The molecule has 30 heavy (non-hydrogen) atoms. The molecule has 1 fully saturated rings. The van der Waals surface area contributed by atoms with Gasteiger partial charge < -0.3 is 19.5 Å². The first kappa shape index (κ1) is 20.5. The summed E-state index contributed by atoms with van der Waals surface area (Å²) in [5.74, 6) is 0. The number of ether oxygens (including phenoxy) is 1. The van der Waals surface area contributed by atoms with Crippen LogP contribution >= 0.6 is 12.2 Å². The first-order valence-electron chi connectivity index (χ1n) is 10.1. The summed E-state index contributed by atoms with van der Waals surface area (Å²) in [6, 6.07) is 12.4. The highest BCUT2D eigenvalue weighted by atomic mass is 32.1. The molecule has 1 N–H and O–H groups in total. The molecule has 0 unspecified atom stereocenters. The molecule has 1 aliphatic rings. The maximum atomic E-state index is 5.79. The van der Waals surface area contributed by atoms with Gasteiger partial charge in [-0.25, -0.2) is 0 Å². The molecule has 4 rings (SSSR count). The fourth-order valence-corrected chi connectivity index (χ4v) is 4.56. The van der Waals surface area contributed by atoms with E-state index < -0.39 is 0 Å². The third-order valence-corrected chi connectivity index (χ3v) is 6.10. The van der Waals surface area contributed by atoms with Crippen molar-refractivity contribution in [2.45, 2.75) is 39.0 Å². The van der Waals surface area contributed by atoms with E-state index >= 15 is 0 Å². The second-order valence-corrected chi connectivity index (χ2v) is 7.97. The first-order chi connectivity index (χ1) is 14.6. The summed E-state index contributed by atoms with van der Waals surface area (Å²) in [6.07, 6.45) is 5.48. The van der Waals surface area contributed by atoms with Crippen LogP contribution in [-0.4, -0.2) is 38.3 Å². The molecule has 0 spiro atoms. The van der Waals surface area contributed by atoms with Crippen molar-refractivity contribution in [1.82, 2.24) is 24.8 Å². The minimum Gasteiger partial charge on any atom is -0.383 e. The quantitative estimate of drug-likeness (QED) is 0.587. The summed E-state index contributed by atoms with van der Waals surface area (Å²) in [5, 5.41) is 4.28. The van der Waals surface area contributed by atoms with Crippen LogP contribution in [-0.2, 0) is 17.8 Å². The summed E-state index contributed by atoms with van der Waals surface area (Å²) < 4.78 is 7.64. The van der Waals surface area contributed by atoms with Crippen molar-refractivity contribution in [3.05, 3.63) is 83.2 Å². The van der Waals surface area contributed by atoms with Gasteiger partial charge in [0, 0.05) is 50.2 Å². The van der Waals surface area contributed by atoms with E-state index in [1.54, 1.807) is 7.11 Å². The number of aryl methyl sites for hydroxylation is 1. The molecule has 6 nitrogen and oxygen atoms in total. The molecule has 156 valence electrons. The molecule has 0 bridgehead atoms. The van der Waals surface area contributed by atoms with Crippen LogP contribution in [0.25, 0.3) is 0 Å². The Kier molecular flexibility index (Phi) is 6.11. The predicted molar refractivity (Wildman–Crippen MR) is 121 cm³/mol. The Balaban J connectivity index is 1.76. The topological polar surface area (TPSA) is 55.2 Å². The van der Waals surface area contributed by atoms with Crippen molar-refractivity contribution in [1.29, 1.82) is 0 Å². The van der Waals surface area contributed by atoms with Gasteiger partial charge in [-0.3, -0.25) is 9.97 Å². The molecule has 0 radical (unpaired) electrons. The van der Waals surface area contributed by atoms with E-state index in [2.05, 4.69) is 50.7 Å². The van der Waals surface area contributed by atoms with Gasteiger partial charge in [-0.1, -0.05) is 6.07 Å².